The van der Waals surface area contributed by atoms with Gasteiger partial charge in [0.05, 0.1) is 5.92 Å². The molecular weight excluding hydrogens is 312 g/mol. The highest BCUT2D eigenvalue weighted by atomic mass is 79.9. The summed E-state index contributed by atoms with van der Waals surface area (Å²) < 4.78 is 0.939. The maximum atomic E-state index is 12.0. The quantitative estimate of drug-likeness (QED) is 0.877. The van der Waals surface area contributed by atoms with Crippen LogP contribution in [0.4, 0.5) is 10.5 Å². The van der Waals surface area contributed by atoms with Gasteiger partial charge in [-0.05, 0) is 37.1 Å². The Hall–Kier alpha value is -1.56. The third-order valence-corrected chi connectivity index (χ3v) is 3.68. The molecule has 0 unspecified atom stereocenters. The predicted molar refractivity (Wildman–Crippen MR) is 75.1 cm³/mol. The van der Waals surface area contributed by atoms with E-state index in [1.165, 1.54) is 0 Å². The van der Waals surface area contributed by atoms with Crippen molar-refractivity contribution in [1.29, 1.82) is 0 Å². The molecule has 1 aromatic rings. The first kappa shape index (κ1) is 13.9. The van der Waals surface area contributed by atoms with Crippen LogP contribution < -0.4 is 5.32 Å². The monoisotopic (exact) mass is 326 g/mol. The molecular formula is C13H15BrN2O3. The fraction of sp³-hybridized carbons (Fsp3) is 0.385. The van der Waals surface area contributed by atoms with E-state index in [2.05, 4.69) is 21.2 Å². The molecule has 1 aliphatic rings. The standard InChI is InChI=1S/C13H15BrN2O3/c14-10-3-5-11(6-4-10)15-13(19)16-7-1-2-9(8-16)12(17)18/h3-6,9H,1-2,7-8H2,(H,15,19)(H,17,18)/t9-/m0/s1. The summed E-state index contributed by atoms with van der Waals surface area (Å²) in [6, 6.07) is 7.02. The van der Waals surface area contributed by atoms with Crippen LogP contribution in [-0.2, 0) is 4.79 Å². The number of hydrogen-bond donors (Lipinski definition) is 2. The first-order valence-electron chi connectivity index (χ1n) is 6.10. The van der Waals surface area contributed by atoms with Gasteiger partial charge in [0, 0.05) is 23.2 Å². The SMILES string of the molecule is O=C(O)[C@H]1CCCN(C(=O)Nc2ccc(Br)cc2)C1. The molecule has 1 fully saturated rings. The number of carbonyl (C=O) groups excluding carboxylic acids is 1. The first-order valence-corrected chi connectivity index (χ1v) is 6.90. The highest BCUT2D eigenvalue weighted by molar-refractivity contribution is 9.10. The van der Waals surface area contributed by atoms with Gasteiger partial charge in [-0.2, -0.15) is 0 Å². The summed E-state index contributed by atoms with van der Waals surface area (Å²) in [5, 5.41) is 11.8. The Morgan fingerprint density at radius 1 is 1.32 bits per heavy atom. The molecule has 102 valence electrons. The van der Waals surface area contributed by atoms with Crippen LogP contribution in [0, 0.1) is 5.92 Å². The number of nitrogens with zero attached hydrogens (tertiary/aromatic N) is 1. The predicted octanol–water partition coefficient (Wildman–Crippen LogP) is 2.78. The number of anilines is 1. The van der Waals surface area contributed by atoms with Crippen molar-refractivity contribution in [1.82, 2.24) is 4.90 Å². The third-order valence-electron chi connectivity index (χ3n) is 3.15. The minimum atomic E-state index is -0.832. The van der Waals surface area contributed by atoms with E-state index in [-0.39, 0.29) is 12.6 Å². The van der Waals surface area contributed by atoms with Crippen LogP contribution in [0.5, 0.6) is 0 Å². The minimum absolute atomic E-state index is 0.242. The highest BCUT2D eigenvalue weighted by Gasteiger charge is 2.28. The average molecular weight is 327 g/mol. The van der Waals surface area contributed by atoms with E-state index < -0.39 is 11.9 Å². The Kier molecular flexibility index (Phi) is 4.42. The van der Waals surface area contributed by atoms with Gasteiger partial charge in [-0.25, -0.2) is 4.79 Å². The van der Waals surface area contributed by atoms with Crippen molar-refractivity contribution in [2.45, 2.75) is 12.8 Å². The number of hydrogen-bond acceptors (Lipinski definition) is 2. The normalized spacial score (nSPS) is 19.0. The summed E-state index contributed by atoms with van der Waals surface area (Å²) in [7, 11) is 0. The Balaban J connectivity index is 1.96. The molecule has 5 nitrogen and oxygen atoms in total. The molecule has 0 aliphatic carbocycles. The van der Waals surface area contributed by atoms with E-state index >= 15 is 0 Å². The number of amides is 2. The summed E-state index contributed by atoms with van der Waals surface area (Å²) in [5.41, 5.74) is 0.700. The Morgan fingerprint density at radius 3 is 2.63 bits per heavy atom. The zero-order valence-corrected chi connectivity index (χ0v) is 11.9. The van der Waals surface area contributed by atoms with Gasteiger partial charge in [0.25, 0.3) is 0 Å². The molecule has 1 atom stereocenters. The molecule has 0 saturated carbocycles. The number of halogens is 1. The van der Waals surface area contributed by atoms with Gasteiger partial charge < -0.3 is 15.3 Å². The topological polar surface area (TPSA) is 69.6 Å². The molecule has 2 rings (SSSR count). The lowest BCUT2D eigenvalue weighted by atomic mass is 9.99. The van der Waals surface area contributed by atoms with Gasteiger partial charge in [0.15, 0.2) is 0 Å². The van der Waals surface area contributed by atoms with Crippen molar-refractivity contribution in [2.24, 2.45) is 5.92 Å². The fourth-order valence-corrected chi connectivity index (χ4v) is 2.36. The number of carboxylic acid groups (broad SMARTS) is 1. The van der Waals surface area contributed by atoms with Crippen LogP contribution in [-0.4, -0.2) is 35.1 Å². The zero-order chi connectivity index (χ0) is 13.8. The van der Waals surface area contributed by atoms with E-state index in [1.54, 1.807) is 17.0 Å². The summed E-state index contributed by atoms with van der Waals surface area (Å²) in [5.74, 6) is -1.29. The molecule has 0 aromatic heterocycles. The smallest absolute Gasteiger partial charge is 0.321 e. The average Bonchev–Trinajstić information content (AvgIpc) is 2.41. The van der Waals surface area contributed by atoms with Crippen LogP contribution in [0.1, 0.15) is 12.8 Å². The maximum absolute atomic E-state index is 12.0. The second kappa shape index (κ2) is 6.06. The summed E-state index contributed by atoms with van der Waals surface area (Å²) >= 11 is 3.32. The van der Waals surface area contributed by atoms with E-state index in [0.717, 1.165) is 10.9 Å². The van der Waals surface area contributed by atoms with Gasteiger partial charge in [-0.1, -0.05) is 15.9 Å². The van der Waals surface area contributed by atoms with Crippen molar-refractivity contribution >= 4 is 33.6 Å². The Labute approximate surface area is 119 Å². The van der Waals surface area contributed by atoms with E-state index in [1.807, 2.05) is 12.1 Å². The van der Waals surface area contributed by atoms with Gasteiger partial charge in [-0.15, -0.1) is 0 Å². The number of urea groups is 1. The van der Waals surface area contributed by atoms with Crippen molar-refractivity contribution in [3.8, 4) is 0 Å². The fourth-order valence-electron chi connectivity index (χ4n) is 2.10. The molecule has 6 heteroatoms. The third kappa shape index (κ3) is 3.70. The molecule has 19 heavy (non-hydrogen) atoms. The number of likely N-dealkylation sites (tertiary alicyclic amines) is 1. The number of carbonyl (C=O) groups is 2. The van der Waals surface area contributed by atoms with Crippen LogP contribution in [0.15, 0.2) is 28.7 Å². The molecule has 1 saturated heterocycles. The molecule has 2 N–H and O–H groups in total. The number of nitrogens with one attached hydrogen (secondary N) is 1. The van der Waals surface area contributed by atoms with E-state index in [0.29, 0.717) is 18.7 Å². The summed E-state index contributed by atoms with van der Waals surface area (Å²) in [4.78, 5) is 24.5. The molecule has 0 bridgehead atoms. The van der Waals surface area contributed by atoms with Gasteiger partial charge in [0.1, 0.15) is 0 Å². The largest absolute Gasteiger partial charge is 0.481 e. The van der Waals surface area contributed by atoms with Crippen molar-refractivity contribution in [3.05, 3.63) is 28.7 Å². The maximum Gasteiger partial charge on any atom is 0.321 e. The zero-order valence-electron chi connectivity index (χ0n) is 10.3. The number of carboxylic acids is 1. The number of benzene rings is 1. The Bertz CT molecular complexity index is 475. The van der Waals surface area contributed by atoms with Crippen molar-refractivity contribution in [2.75, 3.05) is 18.4 Å². The molecule has 0 radical (unpaired) electrons. The number of piperidine rings is 1. The van der Waals surface area contributed by atoms with Gasteiger partial charge >= 0.3 is 12.0 Å². The number of aliphatic carboxylic acids is 1. The van der Waals surface area contributed by atoms with Gasteiger partial charge in [0.2, 0.25) is 0 Å². The Morgan fingerprint density at radius 2 is 2.00 bits per heavy atom. The van der Waals surface area contributed by atoms with E-state index in [4.69, 9.17) is 5.11 Å². The molecule has 1 aromatic carbocycles. The van der Waals surface area contributed by atoms with Crippen molar-refractivity contribution in [3.63, 3.8) is 0 Å². The molecule has 0 spiro atoms. The van der Waals surface area contributed by atoms with Crippen LogP contribution >= 0.6 is 15.9 Å². The number of rotatable bonds is 2. The second-order valence-corrected chi connectivity index (χ2v) is 5.48. The lowest BCUT2D eigenvalue weighted by Gasteiger charge is -2.30. The van der Waals surface area contributed by atoms with Crippen LogP contribution in [0.3, 0.4) is 0 Å². The van der Waals surface area contributed by atoms with Crippen molar-refractivity contribution < 1.29 is 14.7 Å². The van der Waals surface area contributed by atoms with Crippen LogP contribution in [0.2, 0.25) is 0 Å². The summed E-state index contributed by atoms with van der Waals surface area (Å²) in [6.45, 7) is 0.879. The van der Waals surface area contributed by atoms with Gasteiger partial charge in [-0.3, -0.25) is 4.79 Å². The molecule has 2 amide bonds. The second-order valence-electron chi connectivity index (χ2n) is 4.56. The highest BCUT2D eigenvalue weighted by Crippen LogP contribution is 2.19. The molecule has 1 aliphatic heterocycles. The molecule has 1 heterocycles. The lowest BCUT2D eigenvalue weighted by molar-refractivity contribution is -0.143. The van der Waals surface area contributed by atoms with Crippen LogP contribution in [0.25, 0.3) is 0 Å². The minimum Gasteiger partial charge on any atom is -0.481 e. The van der Waals surface area contributed by atoms with E-state index in [9.17, 15) is 9.59 Å². The lowest BCUT2D eigenvalue weighted by Crippen LogP contribution is -2.44. The first-order chi connectivity index (χ1) is 9.06. The summed E-state index contributed by atoms with van der Waals surface area (Å²) in [6.07, 6.45) is 1.36.